The summed E-state index contributed by atoms with van der Waals surface area (Å²) in [6.07, 6.45) is 1.71. The van der Waals surface area contributed by atoms with Crippen LogP contribution in [-0.4, -0.2) is 44.6 Å². The molecule has 21 heavy (non-hydrogen) atoms. The fourth-order valence-corrected chi connectivity index (χ4v) is 3.17. The van der Waals surface area contributed by atoms with E-state index in [0.29, 0.717) is 18.3 Å². The Bertz CT molecular complexity index is 537. The molecule has 0 saturated carbocycles. The van der Waals surface area contributed by atoms with Gasteiger partial charge in [-0.1, -0.05) is 0 Å². The quantitative estimate of drug-likeness (QED) is 0.674. The Morgan fingerprint density at radius 2 is 2.05 bits per heavy atom. The lowest BCUT2D eigenvalue weighted by Crippen LogP contribution is -2.29. The molecule has 6 nitrogen and oxygen atoms in total. The molecular formula is C14H26N2O4S. The van der Waals surface area contributed by atoms with Crippen molar-refractivity contribution < 1.29 is 17.9 Å². The van der Waals surface area contributed by atoms with Crippen LogP contribution in [0.4, 0.5) is 0 Å². The summed E-state index contributed by atoms with van der Waals surface area (Å²) in [6.45, 7) is 6.86. The Morgan fingerprint density at radius 3 is 2.57 bits per heavy atom. The maximum Gasteiger partial charge on any atom is 0.244 e. The molecule has 7 heteroatoms. The molecule has 0 unspecified atom stereocenters. The third-order valence-corrected chi connectivity index (χ3v) is 5.05. The summed E-state index contributed by atoms with van der Waals surface area (Å²) in [7, 11) is -1.51. The largest absolute Gasteiger partial charge is 0.462 e. The SMILES string of the molecule is Cc1oc(CO)cc1S(=O)(=O)NCCCCN(C)C(C)C. The van der Waals surface area contributed by atoms with Crippen molar-refractivity contribution in [1.82, 2.24) is 9.62 Å². The van der Waals surface area contributed by atoms with E-state index in [2.05, 4.69) is 30.5 Å². The van der Waals surface area contributed by atoms with Crippen LogP contribution in [0.15, 0.2) is 15.4 Å². The van der Waals surface area contributed by atoms with Crippen molar-refractivity contribution in [2.24, 2.45) is 0 Å². The molecule has 0 atom stereocenters. The van der Waals surface area contributed by atoms with Crippen LogP contribution in [0, 0.1) is 6.92 Å². The second-order valence-electron chi connectivity index (χ2n) is 5.47. The standard InChI is InChI=1S/C14H26N2O4S/c1-11(2)16(4)8-6-5-7-15-21(18,19)14-9-13(10-17)20-12(14)3/h9,11,15,17H,5-8,10H2,1-4H3. The zero-order chi connectivity index (χ0) is 16.0. The molecule has 0 aliphatic rings. The minimum Gasteiger partial charge on any atom is -0.462 e. The number of aliphatic hydroxyl groups is 1. The van der Waals surface area contributed by atoms with Crippen LogP contribution < -0.4 is 4.72 Å². The van der Waals surface area contributed by atoms with Gasteiger partial charge in [0, 0.05) is 18.7 Å². The van der Waals surface area contributed by atoms with Gasteiger partial charge < -0.3 is 14.4 Å². The number of hydrogen-bond donors (Lipinski definition) is 2. The number of hydrogen-bond acceptors (Lipinski definition) is 5. The Kier molecular flexibility index (Phi) is 6.86. The van der Waals surface area contributed by atoms with Crippen LogP contribution in [0.3, 0.4) is 0 Å². The highest BCUT2D eigenvalue weighted by molar-refractivity contribution is 7.89. The molecule has 0 spiro atoms. The summed E-state index contributed by atoms with van der Waals surface area (Å²) in [5.74, 6) is 0.553. The van der Waals surface area contributed by atoms with Crippen molar-refractivity contribution in [3.05, 3.63) is 17.6 Å². The van der Waals surface area contributed by atoms with Crippen molar-refractivity contribution in [3.8, 4) is 0 Å². The third kappa shape index (κ3) is 5.43. The summed E-state index contributed by atoms with van der Waals surface area (Å²) in [6, 6.07) is 1.86. The fraction of sp³-hybridized carbons (Fsp3) is 0.714. The van der Waals surface area contributed by atoms with Crippen LogP contribution in [-0.2, 0) is 16.6 Å². The molecule has 0 fully saturated rings. The second-order valence-corrected chi connectivity index (χ2v) is 7.21. The Morgan fingerprint density at radius 1 is 1.38 bits per heavy atom. The van der Waals surface area contributed by atoms with Gasteiger partial charge in [0.2, 0.25) is 10.0 Å². The highest BCUT2D eigenvalue weighted by atomic mass is 32.2. The molecule has 0 radical (unpaired) electrons. The molecule has 0 aromatic carbocycles. The number of nitrogens with zero attached hydrogens (tertiary/aromatic N) is 1. The average Bonchev–Trinajstić information content (AvgIpc) is 2.80. The van der Waals surface area contributed by atoms with Gasteiger partial charge in [-0.2, -0.15) is 0 Å². The highest BCUT2D eigenvalue weighted by Gasteiger charge is 2.20. The molecule has 1 rings (SSSR count). The lowest BCUT2D eigenvalue weighted by molar-refractivity contribution is 0.244. The summed E-state index contributed by atoms with van der Waals surface area (Å²) in [5, 5.41) is 8.97. The molecule has 1 heterocycles. The lowest BCUT2D eigenvalue weighted by atomic mass is 10.2. The van der Waals surface area contributed by atoms with Crippen molar-refractivity contribution >= 4 is 10.0 Å². The van der Waals surface area contributed by atoms with Gasteiger partial charge in [0.25, 0.3) is 0 Å². The average molecular weight is 318 g/mol. The van der Waals surface area contributed by atoms with E-state index in [1.165, 1.54) is 6.07 Å². The molecule has 1 aromatic heterocycles. The molecule has 0 aliphatic carbocycles. The van der Waals surface area contributed by atoms with Crippen LogP contribution in [0.2, 0.25) is 0 Å². The molecular weight excluding hydrogens is 292 g/mol. The van der Waals surface area contributed by atoms with E-state index < -0.39 is 10.0 Å². The van der Waals surface area contributed by atoms with E-state index in [9.17, 15) is 8.42 Å². The minimum atomic E-state index is -3.57. The minimum absolute atomic E-state index is 0.103. The predicted octanol–water partition coefficient (Wildman–Crippen LogP) is 1.48. The number of nitrogens with one attached hydrogen (secondary N) is 1. The zero-order valence-electron chi connectivity index (χ0n) is 13.2. The van der Waals surface area contributed by atoms with Crippen LogP contribution in [0.5, 0.6) is 0 Å². The van der Waals surface area contributed by atoms with Crippen molar-refractivity contribution in [3.63, 3.8) is 0 Å². The molecule has 0 bridgehead atoms. The third-order valence-electron chi connectivity index (χ3n) is 3.48. The molecule has 0 amide bonds. The number of rotatable bonds is 9. The zero-order valence-corrected chi connectivity index (χ0v) is 14.0. The molecule has 2 N–H and O–H groups in total. The molecule has 122 valence electrons. The van der Waals surface area contributed by atoms with E-state index in [-0.39, 0.29) is 17.3 Å². The fourth-order valence-electron chi connectivity index (χ4n) is 1.90. The normalized spacial score (nSPS) is 12.5. The number of unbranched alkanes of at least 4 members (excludes halogenated alkanes) is 1. The second kappa shape index (κ2) is 7.93. The smallest absolute Gasteiger partial charge is 0.244 e. The number of furan rings is 1. The van der Waals surface area contributed by atoms with E-state index in [4.69, 9.17) is 9.52 Å². The number of aryl methyl sites for hydroxylation is 1. The van der Waals surface area contributed by atoms with Gasteiger partial charge in [-0.15, -0.1) is 0 Å². The first kappa shape index (κ1) is 18.2. The number of aliphatic hydroxyl groups excluding tert-OH is 1. The maximum atomic E-state index is 12.1. The van der Waals surface area contributed by atoms with Crippen LogP contribution in [0.1, 0.15) is 38.2 Å². The van der Waals surface area contributed by atoms with Crippen molar-refractivity contribution in [2.45, 2.75) is 51.2 Å². The summed E-state index contributed by atoms with van der Waals surface area (Å²) >= 11 is 0. The predicted molar refractivity (Wildman–Crippen MR) is 81.6 cm³/mol. The highest BCUT2D eigenvalue weighted by Crippen LogP contribution is 2.19. The van der Waals surface area contributed by atoms with Gasteiger partial charge in [-0.3, -0.25) is 0 Å². The van der Waals surface area contributed by atoms with E-state index in [1.807, 2.05) is 0 Å². The lowest BCUT2D eigenvalue weighted by Gasteiger charge is -2.20. The van der Waals surface area contributed by atoms with Crippen molar-refractivity contribution in [2.75, 3.05) is 20.1 Å². The topological polar surface area (TPSA) is 82.8 Å². The van der Waals surface area contributed by atoms with Crippen LogP contribution in [0.25, 0.3) is 0 Å². The van der Waals surface area contributed by atoms with Gasteiger partial charge in [0.1, 0.15) is 23.0 Å². The van der Waals surface area contributed by atoms with Gasteiger partial charge in [0.15, 0.2) is 0 Å². The molecule has 0 saturated heterocycles. The molecule has 0 aliphatic heterocycles. The van der Waals surface area contributed by atoms with E-state index >= 15 is 0 Å². The Hall–Kier alpha value is -0.890. The summed E-state index contributed by atoms with van der Waals surface area (Å²) in [4.78, 5) is 2.33. The van der Waals surface area contributed by atoms with E-state index in [1.54, 1.807) is 6.92 Å². The first-order valence-corrected chi connectivity index (χ1v) is 8.66. The van der Waals surface area contributed by atoms with Crippen molar-refractivity contribution in [1.29, 1.82) is 0 Å². The van der Waals surface area contributed by atoms with Gasteiger partial charge in [-0.05, 0) is 47.2 Å². The Balaban J connectivity index is 2.45. The van der Waals surface area contributed by atoms with Gasteiger partial charge in [0.05, 0.1) is 0 Å². The Labute approximate surface area is 127 Å². The first-order chi connectivity index (χ1) is 9.77. The van der Waals surface area contributed by atoms with Gasteiger partial charge in [-0.25, -0.2) is 13.1 Å². The molecule has 1 aromatic rings. The first-order valence-electron chi connectivity index (χ1n) is 7.18. The van der Waals surface area contributed by atoms with Gasteiger partial charge >= 0.3 is 0 Å². The maximum absolute atomic E-state index is 12.1. The summed E-state index contributed by atoms with van der Waals surface area (Å²) in [5.41, 5.74) is 0. The summed E-state index contributed by atoms with van der Waals surface area (Å²) < 4.78 is 32.0. The van der Waals surface area contributed by atoms with E-state index in [0.717, 1.165) is 19.4 Å². The number of sulfonamides is 1. The van der Waals surface area contributed by atoms with Crippen LogP contribution >= 0.6 is 0 Å². The monoisotopic (exact) mass is 318 g/mol.